The molecule has 0 spiro atoms. The van der Waals surface area contributed by atoms with Gasteiger partial charge in [0, 0.05) is 38.8 Å². The summed E-state index contributed by atoms with van der Waals surface area (Å²) < 4.78 is 19.6. The molecule has 3 rings (SSSR count). The average molecular weight is 489 g/mol. The Bertz CT molecular complexity index is 615. The van der Waals surface area contributed by atoms with E-state index in [4.69, 9.17) is 9.73 Å². The van der Waals surface area contributed by atoms with Crippen LogP contribution in [-0.2, 0) is 10.2 Å². The molecule has 1 saturated heterocycles. The molecule has 4 nitrogen and oxygen atoms in total. The molecule has 1 saturated carbocycles. The predicted molar refractivity (Wildman–Crippen MR) is 119 cm³/mol. The minimum atomic E-state index is -0.104. The molecule has 2 fully saturated rings. The van der Waals surface area contributed by atoms with Gasteiger partial charge in [-0.15, -0.1) is 24.0 Å². The number of halogens is 2. The Balaban J connectivity index is 0.00000261. The number of nitrogens with zero attached hydrogens (tertiary/aromatic N) is 2. The maximum Gasteiger partial charge on any atom is 0.193 e. The monoisotopic (exact) mass is 489 g/mol. The average Bonchev–Trinajstić information content (AvgIpc) is 3.45. The van der Waals surface area contributed by atoms with Gasteiger partial charge in [0.2, 0.25) is 0 Å². The van der Waals surface area contributed by atoms with Gasteiger partial charge in [-0.3, -0.25) is 4.99 Å². The van der Waals surface area contributed by atoms with Crippen molar-refractivity contribution in [1.82, 2.24) is 10.2 Å². The molecule has 0 amide bonds. The maximum absolute atomic E-state index is 14.2. The summed E-state index contributed by atoms with van der Waals surface area (Å²) in [6.07, 6.45) is 5.53. The normalized spacial score (nSPS) is 19.3. The maximum atomic E-state index is 14.2. The van der Waals surface area contributed by atoms with Gasteiger partial charge in [0.25, 0.3) is 0 Å². The van der Waals surface area contributed by atoms with E-state index < -0.39 is 0 Å². The van der Waals surface area contributed by atoms with E-state index in [9.17, 15) is 4.39 Å². The molecule has 2 aliphatic rings. The highest BCUT2D eigenvalue weighted by Gasteiger charge is 2.45. The van der Waals surface area contributed by atoms with Crippen LogP contribution in [0.15, 0.2) is 29.3 Å². The zero-order chi connectivity index (χ0) is 18.4. The van der Waals surface area contributed by atoms with Crippen molar-refractivity contribution in [3.8, 4) is 0 Å². The van der Waals surface area contributed by atoms with Crippen molar-refractivity contribution in [2.24, 2.45) is 10.9 Å². The van der Waals surface area contributed by atoms with Gasteiger partial charge in [-0.1, -0.05) is 18.2 Å². The molecule has 1 aliphatic carbocycles. The highest BCUT2D eigenvalue weighted by molar-refractivity contribution is 14.0. The Hall–Kier alpha value is -0.890. The second-order valence-electron chi connectivity index (χ2n) is 7.70. The Morgan fingerprint density at radius 1 is 1.30 bits per heavy atom. The lowest BCUT2D eigenvalue weighted by atomic mass is 9.95. The molecule has 6 heteroatoms. The van der Waals surface area contributed by atoms with E-state index in [2.05, 4.69) is 24.2 Å². The standard InChI is InChI=1S/C21H32FN3O.HI/c1-3-23-20(25(2)13-8-17-9-14-26-15-10-17)24-16-21(11-12-21)18-6-4-5-7-19(18)22;/h4-7,17H,3,8-16H2,1-2H3,(H,23,24);1H. The van der Waals surface area contributed by atoms with Gasteiger partial charge >= 0.3 is 0 Å². The molecule has 1 aromatic carbocycles. The van der Waals surface area contributed by atoms with E-state index in [-0.39, 0.29) is 35.2 Å². The van der Waals surface area contributed by atoms with E-state index in [1.807, 2.05) is 12.1 Å². The molecular formula is C21H33FIN3O. The zero-order valence-electron chi connectivity index (χ0n) is 16.5. The van der Waals surface area contributed by atoms with Gasteiger partial charge < -0.3 is 15.0 Å². The fraction of sp³-hybridized carbons (Fsp3) is 0.667. The molecule has 0 radical (unpaired) electrons. The van der Waals surface area contributed by atoms with Crippen molar-refractivity contribution < 1.29 is 9.13 Å². The number of nitrogens with one attached hydrogen (secondary N) is 1. The highest BCUT2D eigenvalue weighted by atomic mass is 127. The summed E-state index contributed by atoms with van der Waals surface area (Å²) >= 11 is 0. The van der Waals surface area contributed by atoms with E-state index in [1.54, 1.807) is 12.1 Å². The molecule has 1 heterocycles. The summed E-state index contributed by atoms with van der Waals surface area (Å²) in [6, 6.07) is 7.16. The third-order valence-corrected chi connectivity index (χ3v) is 5.74. The van der Waals surface area contributed by atoms with Gasteiger partial charge in [-0.2, -0.15) is 0 Å². The number of hydrogen-bond donors (Lipinski definition) is 1. The van der Waals surface area contributed by atoms with Crippen LogP contribution in [0.25, 0.3) is 0 Å². The van der Waals surface area contributed by atoms with Crippen LogP contribution in [-0.4, -0.2) is 50.8 Å². The Morgan fingerprint density at radius 3 is 2.63 bits per heavy atom. The lowest BCUT2D eigenvalue weighted by Crippen LogP contribution is -2.40. The van der Waals surface area contributed by atoms with Crippen LogP contribution >= 0.6 is 24.0 Å². The predicted octanol–water partition coefficient (Wildman–Crippen LogP) is 4.19. The molecule has 0 bridgehead atoms. The van der Waals surface area contributed by atoms with Gasteiger partial charge in [0.1, 0.15) is 5.82 Å². The summed E-state index contributed by atoms with van der Waals surface area (Å²) in [7, 11) is 2.10. The molecule has 1 aliphatic heterocycles. The number of guanidine groups is 1. The van der Waals surface area contributed by atoms with Crippen LogP contribution in [0.1, 0.15) is 44.6 Å². The van der Waals surface area contributed by atoms with Gasteiger partial charge in [0.15, 0.2) is 5.96 Å². The summed E-state index contributed by atoms with van der Waals surface area (Å²) in [6.45, 7) is 6.36. The first-order valence-electron chi connectivity index (χ1n) is 9.97. The van der Waals surface area contributed by atoms with E-state index in [0.717, 1.165) is 69.4 Å². The van der Waals surface area contributed by atoms with Gasteiger partial charge in [0.05, 0.1) is 6.54 Å². The molecular weight excluding hydrogens is 456 g/mol. The first kappa shape index (κ1) is 22.4. The van der Waals surface area contributed by atoms with E-state index in [0.29, 0.717) is 6.54 Å². The Labute approximate surface area is 180 Å². The largest absolute Gasteiger partial charge is 0.381 e. The minimum Gasteiger partial charge on any atom is -0.381 e. The number of benzene rings is 1. The van der Waals surface area contributed by atoms with Crippen LogP contribution in [0.2, 0.25) is 0 Å². The second kappa shape index (κ2) is 10.6. The zero-order valence-corrected chi connectivity index (χ0v) is 18.9. The van der Waals surface area contributed by atoms with Crippen LogP contribution in [0.3, 0.4) is 0 Å². The molecule has 1 aromatic rings. The minimum absolute atomic E-state index is 0. The molecule has 0 atom stereocenters. The highest BCUT2D eigenvalue weighted by Crippen LogP contribution is 2.49. The first-order valence-corrected chi connectivity index (χ1v) is 9.97. The second-order valence-corrected chi connectivity index (χ2v) is 7.70. The Kier molecular flexibility index (Phi) is 8.79. The summed E-state index contributed by atoms with van der Waals surface area (Å²) in [4.78, 5) is 7.09. The smallest absolute Gasteiger partial charge is 0.193 e. The molecule has 152 valence electrons. The van der Waals surface area contributed by atoms with Gasteiger partial charge in [-0.25, -0.2) is 4.39 Å². The number of hydrogen-bond acceptors (Lipinski definition) is 2. The van der Waals surface area contributed by atoms with Crippen molar-refractivity contribution >= 4 is 29.9 Å². The SMILES string of the molecule is CCNC(=NCC1(c2ccccc2F)CC1)N(C)CCC1CCOCC1.I. The summed E-state index contributed by atoms with van der Waals surface area (Å²) in [5.41, 5.74) is 0.720. The quantitative estimate of drug-likeness (QED) is 0.355. The van der Waals surface area contributed by atoms with Crippen LogP contribution in [0, 0.1) is 11.7 Å². The van der Waals surface area contributed by atoms with Crippen molar-refractivity contribution in [2.75, 3.05) is 39.9 Å². The number of ether oxygens (including phenoxy) is 1. The van der Waals surface area contributed by atoms with Crippen LogP contribution < -0.4 is 5.32 Å². The van der Waals surface area contributed by atoms with Crippen molar-refractivity contribution in [3.63, 3.8) is 0 Å². The Morgan fingerprint density at radius 2 is 2.00 bits per heavy atom. The number of aliphatic imine (C=N–C) groups is 1. The number of rotatable bonds is 7. The third kappa shape index (κ3) is 6.04. The lowest BCUT2D eigenvalue weighted by Gasteiger charge is -2.27. The van der Waals surface area contributed by atoms with E-state index in [1.165, 1.54) is 6.42 Å². The lowest BCUT2D eigenvalue weighted by molar-refractivity contribution is 0.0625. The van der Waals surface area contributed by atoms with Crippen molar-refractivity contribution in [2.45, 2.75) is 44.4 Å². The van der Waals surface area contributed by atoms with Crippen LogP contribution in [0.4, 0.5) is 4.39 Å². The van der Waals surface area contributed by atoms with E-state index >= 15 is 0 Å². The van der Waals surface area contributed by atoms with Crippen molar-refractivity contribution in [1.29, 1.82) is 0 Å². The summed E-state index contributed by atoms with van der Waals surface area (Å²) in [5.74, 6) is 1.59. The van der Waals surface area contributed by atoms with Crippen molar-refractivity contribution in [3.05, 3.63) is 35.6 Å². The fourth-order valence-corrected chi connectivity index (χ4v) is 3.77. The fourth-order valence-electron chi connectivity index (χ4n) is 3.77. The molecule has 0 unspecified atom stereocenters. The third-order valence-electron chi connectivity index (χ3n) is 5.74. The first-order chi connectivity index (χ1) is 12.6. The topological polar surface area (TPSA) is 36.9 Å². The van der Waals surface area contributed by atoms with Gasteiger partial charge in [-0.05, 0) is 56.6 Å². The molecule has 0 aromatic heterocycles. The molecule has 1 N–H and O–H groups in total. The van der Waals surface area contributed by atoms with Crippen LogP contribution in [0.5, 0.6) is 0 Å². The molecule has 27 heavy (non-hydrogen) atoms. The summed E-state index contributed by atoms with van der Waals surface area (Å²) in [5, 5.41) is 3.39.